The van der Waals surface area contributed by atoms with Crippen molar-refractivity contribution in [1.82, 2.24) is 9.80 Å². The van der Waals surface area contributed by atoms with E-state index in [1.807, 2.05) is 0 Å². The molecule has 2 aliphatic rings. The molecule has 1 unspecified atom stereocenters. The van der Waals surface area contributed by atoms with Gasteiger partial charge in [-0.3, -0.25) is 0 Å². The van der Waals surface area contributed by atoms with Crippen molar-refractivity contribution in [3.8, 4) is 0 Å². The zero-order valence-electron chi connectivity index (χ0n) is 18.9. The van der Waals surface area contributed by atoms with Gasteiger partial charge in [0.05, 0.1) is 6.10 Å². The van der Waals surface area contributed by atoms with E-state index in [0.717, 1.165) is 12.6 Å². The first-order chi connectivity index (χ1) is 15.2. The Morgan fingerprint density at radius 2 is 1.45 bits per heavy atom. The number of carboxylic acids is 2. The normalized spacial score (nSPS) is 20.3. The third kappa shape index (κ3) is 15.0. The van der Waals surface area contributed by atoms with Crippen molar-refractivity contribution in [3.63, 3.8) is 0 Å². The number of hydrogen-bond donors (Lipinski definition) is 2. The van der Waals surface area contributed by atoms with Gasteiger partial charge < -0.3 is 24.7 Å². The van der Waals surface area contributed by atoms with Gasteiger partial charge in [0.2, 0.25) is 0 Å². The van der Waals surface area contributed by atoms with Crippen molar-refractivity contribution in [1.29, 1.82) is 0 Å². The Balaban J connectivity index is 0.000000605. The number of nitrogens with zero attached hydrogens (tertiary/aromatic N) is 2. The van der Waals surface area contributed by atoms with Crippen LogP contribution in [0.3, 0.4) is 0 Å². The molecule has 33 heavy (non-hydrogen) atoms. The summed E-state index contributed by atoms with van der Waals surface area (Å²) in [6.45, 7) is 8.35. The lowest BCUT2D eigenvalue weighted by molar-refractivity contribution is -0.193. The molecule has 0 aliphatic carbocycles. The molecule has 0 aromatic rings. The molecule has 0 saturated carbocycles. The third-order valence-electron chi connectivity index (χ3n) is 5.28. The predicted octanol–water partition coefficient (Wildman–Crippen LogP) is 4.02. The summed E-state index contributed by atoms with van der Waals surface area (Å²) in [6, 6.07) is 0.802. The fourth-order valence-corrected chi connectivity index (χ4v) is 3.47. The number of piperidine rings is 1. The second-order valence-corrected chi connectivity index (χ2v) is 7.94. The summed E-state index contributed by atoms with van der Waals surface area (Å²) in [7, 11) is 2.31. The van der Waals surface area contributed by atoms with Crippen molar-refractivity contribution < 1.29 is 50.9 Å². The highest BCUT2D eigenvalue weighted by molar-refractivity contribution is 5.73. The molecule has 7 nitrogen and oxygen atoms in total. The Bertz CT molecular complexity index is 536. The quantitative estimate of drug-likeness (QED) is 0.537. The smallest absolute Gasteiger partial charge is 0.475 e. The van der Waals surface area contributed by atoms with Gasteiger partial charge in [0.25, 0.3) is 0 Å². The Morgan fingerprint density at radius 1 is 0.970 bits per heavy atom. The van der Waals surface area contributed by atoms with Crippen LogP contribution in [0, 0.1) is 0 Å². The van der Waals surface area contributed by atoms with Crippen LogP contribution in [0.15, 0.2) is 0 Å². The van der Waals surface area contributed by atoms with E-state index in [2.05, 4.69) is 23.8 Å². The van der Waals surface area contributed by atoms with Crippen molar-refractivity contribution in [2.45, 2.75) is 76.4 Å². The molecular formula is C20H34F6N2O5. The summed E-state index contributed by atoms with van der Waals surface area (Å²) in [5, 5.41) is 14.2. The molecule has 0 spiro atoms. The molecule has 0 amide bonds. The van der Waals surface area contributed by atoms with Crippen LogP contribution in [0.4, 0.5) is 26.3 Å². The number of hydrogen-bond acceptors (Lipinski definition) is 5. The van der Waals surface area contributed by atoms with E-state index in [1.54, 1.807) is 0 Å². The van der Waals surface area contributed by atoms with E-state index in [-0.39, 0.29) is 0 Å². The average Bonchev–Trinajstić information content (AvgIpc) is 2.73. The second-order valence-electron chi connectivity index (χ2n) is 7.94. The van der Waals surface area contributed by atoms with E-state index >= 15 is 0 Å². The van der Waals surface area contributed by atoms with E-state index in [1.165, 1.54) is 71.1 Å². The molecular weight excluding hydrogens is 462 g/mol. The van der Waals surface area contributed by atoms with Gasteiger partial charge >= 0.3 is 24.3 Å². The summed E-state index contributed by atoms with van der Waals surface area (Å²) < 4.78 is 69.3. The van der Waals surface area contributed by atoms with Gasteiger partial charge in [-0.05, 0) is 71.6 Å². The van der Waals surface area contributed by atoms with E-state index in [9.17, 15) is 26.3 Å². The fourth-order valence-electron chi connectivity index (χ4n) is 3.47. The maximum Gasteiger partial charge on any atom is 0.490 e. The summed E-state index contributed by atoms with van der Waals surface area (Å²) >= 11 is 0. The Hall–Kier alpha value is -1.60. The highest BCUT2D eigenvalue weighted by Crippen LogP contribution is 2.19. The molecule has 2 aliphatic heterocycles. The maximum absolute atomic E-state index is 10.6. The van der Waals surface area contributed by atoms with Crippen LogP contribution in [-0.2, 0) is 14.3 Å². The Morgan fingerprint density at radius 3 is 1.82 bits per heavy atom. The number of halogens is 6. The largest absolute Gasteiger partial charge is 0.490 e. The molecule has 0 aromatic heterocycles. The molecule has 2 saturated heterocycles. The van der Waals surface area contributed by atoms with Crippen molar-refractivity contribution in [3.05, 3.63) is 0 Å². The SMILES string of the molecule is CCCN1CCC(N(C)CCC2CCCCO2)CC1.O=C(O)C(F)(F)F.O=C(O)C(F)(F)F. The fraction of sp³-hybridized carbons (Fsp3) is 0.900. The van der Waals surface area contributed by atoms with Crippen LogP contribution in [0.5, 0.6) is 0 Å². The van der Waals surface area contributed by atoms with Gasteiger partial charge in [-0.15, -0.1) is 0 Å². The first-order valence-corrected chi connectivity index (χ1v) is 10.8. The molecule has 0 radical (unpaired) electrons. The van der Waals surface area contributed by atoms with Crippen LogP contribution in [0.25, 0.3) is 0 Å². The number of carboxylic acid groups (broad SMARTS) is 2. The van der Waals surface area contributed by atoms with Gasteiger partial charge in [-0.25, -0.2) is 9.59 Å². The van der Waals surface area contributed by atoms with Gasteiger partial charge in [0, 0.05) is 19.2 Å². The highest BCUT2D eigenvalue weighted by atomic mass is 19.4. The topological polar surface area (TPSA) is 90.3 Å². The third-order valence-corrected chi connectivity index (χ3v) is 5.28. The monoisotopic (exact) mass is 496 g/mol. The molecule has 1 atom stereocenters. The van der Waals surface area contributed by atoms with Crippen molar-refractivity contribution in [2.24, 2.45) is 0 Å². The van der Waals surface area contributed by atoms with Gasteiger partial charge in [-0.2, -0.15) is 26.3 Å². The summed E-state index contributed by atoms with van der Waals surface area (Å²) in [5.74, 6) is -5.51. The van der Waals surface area contributed by atoms with Crippen LogP contribution < -0.4 is 0 Å². The van der Waals surface area contributed by atoms with Gasteiger partial charge in [-0.1, -0.05) is 6.92 Å². The highest BCUT2D eigenvalue weighted by Gasteiger charge is 2.38. The van der Waals surface area contributed by atoms with Crippen molar-refractivity contribution >= 4 is 11.9 Å². The van der Waals surface area contributed by atoms with E-state index < -0.39 is 24.3 Å². The number of aliphatic carboxylic acids is 2. The molecule has 13 heteroatoms. The van der Waals surface area contributed by atoms with Crippen molar-refractivity contribution in [2.75, 3.05) is 39.8 Å². The lowest BCUT2D eigenvalue weighted by Gasteiger charge is -2.37. The average molecular weight is 496 g/mol. The van der Waals surface area contributed by atoms with Gasteiger partial charge in [0.1, 0.15) is 0 Å². The second kappa shape index (κ2) is 15.3. The first-order valence-electron chi connectivity index (χ1n) is 10.8. The molecule has 2 rings (SSSR count). The van der Waals surface area contributed by atoms with Gasteiger partial charge in [0.15, 0.2) is 0 Å². The summed E-state index contributed by atoms with van der Waals surface area (Å²) in [5.41, 5.74) is 0. The lowest BCUT2D eigenvalue weighted by atomic mass is 10.0. The number of alkyl halides is 6. The standard InChI is InChI=1S/C16H32N2O.2C2HF3O2/c1-3-10-18-12-7-15(8-13-18)17(2)11-9-16-6-4-5-14-19-16;2*3-2(4,5)1(6)7/h15-16H,3-14H2,1-2H3;2*(H,6,7). The Kier molecular flexibility index (Phi) is 14.6. The number of ether oxygens (including phenoxy) is 1. The van der Waals surface area contributed by atoms with Crippen LogP contribution in [-0.4, -0.2) is 96.3 Å². The number of rotatable bonds is 6. The molecule has 196 valence electrons. The molecule has 2 fully saturated rings. The number of carbonyl (C=O) groups is 2. The lowest BCUT2D eigenvalue weighted by Crippen LogP contribution is -2.44. The zero-order valence-corrected chi connectivity index (χ0v) is 18.9. The first kappa shape index (κ1) is 31.4. The molecule has 2 heterocycles. The zero-order chi connectivity index (χ0) is 25.7. The minimum atomic E-state index is -5.08. The summed E-state index contributed by atoms with van der Waals surface area (Å²) in [4.78, 5) is 23.0. The molecule has 0 aromatic carbocycles. The molecule has 2 N–H and O–H groups in total. The van der Waals surface area contributed by atoms with E-state index in [0.29, 0.717) is 6.10 Å². The Labute approximate surface area is 189 Å². The van der Waals surface area contributed by atoms with Crippen LogP contribution >= 0.6 is 0 Å². The molecule has 0 bridgehead atoms. The minimum Gasteiger partial charge on any atom is -0.475 e. The van der Waals surface area contributed by atoms with E-state index in [4.69, 9.17) is 24.5 Å². The van der Waals surface area contributed by atoms with Crippen LogP contribution in [0.1, 0.15) is 51.9 Å². The summed E-state index contributed by atoms with van der Waals surface area (Å²) in [6.07, 6.45) is -0.499. The maximum atomic E-state index is 10.6. The minimum absolute atomic E-state index is 0.538. The number of likely N-dealkylation sites (tertiary alicyclic amines) is 1. The predicted molar refractivity (Wildman–Crippen MR) is 108 cm³/mol. The van der Waals surface area contributed by atoms with Crippen LogP contribution in [0.2, 0.25) is 0 Å².